The van der Waals surface area contributed by atoms with Gasteiger partial charge in [-0.3, -0.25) is 4.79 Å². The molecule has 0 fully saturated rings. The number of aryl methyl sites for hydroxylation is 2. The van der Waals surface area contributed by atoms with Crippen molar-refractivity contribution in [2.75, 3.05) is 7.11 Å². The zero-order valence-electron chi connectivity index (χ0n) is 15.6. The van der Waals surface area contributed by atoms with Crippen molar-refractivity contribution >= 4 is 5.91 Å². The Balaban J connectivity index is 1.58. The van der Waals surface area contributed by atoms with Crippen LogP contribution in [-0.2, 0) is 6.42 Å². The lowest BCUT2D eigenvalue weighted by Crippen LogP contribution is -2.31. The molecule has 0 bridgehead atoms. The van der Waals surface area contributed by atoms with E-state index in [9.17, 15) is 4.79 Å². The number of imidazole rings is 1. The minimum Gasteiger partial charge on any atom is -0.495 e. The lowest BCUT2D eigenvalue weighted by Gasteiger charge is -2.26. The fourth-order valence-corrected chi connectivity index (χ4v) is 3.73. The van der Waals surface area contributed by atoms with Crippen molar-refractivity contribution in [2.24, 2.45) is 0 Å². The van der Waals surface area contributed by atoms with E-state index >= 15 is 0 Å². The molecule has 0 radical (unpaired) electrons. The third-order valence-corrected chi connectivity index (χ3v) is 5.11. The smallest absolute Gasteiger partial charge is 0.251 e. The molecule has 5 heteroatoms. The van der Waals surface area contributed by atoms with E-state index in [1.54, 1.807) is 19.5 Å². The normalized spacial score (nSPS) is 15.9. The lowest BCUT2D eigenvalue weighted by atomic mass is 9.87. The molecule has 3 aromatic rings. The Kier molecular flexibility index (Phi) is 4.67. The number of nitrogens with one attached hydrogen (secondary N) is 1. The number of amides is 1. The summed E-state index contributed by atoms with van der Waals surface area (Å²) in [4.78, 5) is 17.1. The first-order valence-corrected chi connectivity index (χ1v) is 9.23. The van der Waals surface area contributed by atoms with Gasteiger partial charge in [0.05, 0.1) is 30.9 Å². The number of hydrogen-bond acceptors (Lipinski definition) is 3. The maximum Gasteiger partial charge on any atom is 0.251 e. The van der Waals surface area contributed by atoms with E-state index in [2.05, 4.69) is 28.5 Å². The second-order valence-electron chi connectivity index (χ2n) is 6.93. The van der Waals surface area contributed by atoms with E-state index in [0.29, 0.717) is 11.3 Å². The quantitative estimate of drug-likeness (QED) is 0.764. The van der Waals surface area contributed by atoms with Gasteiger partial charge in [-0.15, -0.1) is 0 Å². The first kappa shape index (κ1) is 17.3. The fraction of sp³-hybridized carbons (Fsp3) is 0.273. The third-order valence-electron chi connectivity index (χ3n) is 5.11. The predicted octanol–water partition coefficient (Wildman–Crippen LogP) is 4.00. The maximum absolute atomic E-state index is 12.9. The average Bonchev–Trinajstić information content (AvgIpc) is 3.14. The van der Waals surface area contributed by atoms with Crippen LogP contribution in [0, 0.1) is 6.92 Å². The van der Waals surface area contributed by atoms with Gasteiger partial charge in [-0.05, 0) is 55.5 Å². The van der Waals surface area contributed by atoms with Crippen LogP contribution in [0.1, 0.15) is 46.1 Å². The first-order valence-electron chi connectivity index (χ1n) is 9.23. The second kappa shape index (κ2) is 7.27. The van der Waals surface area contributed by atoms with Crippen LogP contribution in [0.3, 0.4) is 0 Å². The van der Waals surface area contributed by atoms with Crippen LogP contribution >= 0.6 is 0 Å². The molecule has 138 valence electrons. The zero-order chi connectivity index (χ0) is 18.8. The van der Waals surface area contributed by atoms with E-state index in [0.717, 1.165) is 30.6 Å². The van der Waals surface area contributed by atoms with Gasteiger partial charge in [0.2, 0.25) is 0 Å². The molecule has 27 heavy (non-hydrogen) atoms. The average molecular weight is 361 g/mol. The second-order valence-corrected chi connectivity index (χ2v) is 6.93. The van der Waals surface area contributed by atoms with E-state index in [-0.39, 0.29) is 11.9 Å². The molecule has 1 aliphatic rings. The highest BCUT2D eigenvalue weighted by Gasteiger charge is 2.22. The standard InChI is InChI=1S/C22H23N3O2/c1-15-13-25(14-23-15)20-11-10-17(12-21(20)27-2)22(26)24-19-9-5-7-16-6-3-4-8-18(16)19/h3-4,6,8,10-14,19H,5,7,9H2,1-2H3,(H,24,26). The number of carbonyl (C=O) groups is 1. The highest BCUT2D eigenvalue weighted by atomic mass is 16.5. The molecule has 0 saturated carbocycles. The van der Waals surface area contributed by atoms with Gasteiger partial charge >= 0.3 is 0 Å². The van der Waals surface area contributed by atoms with Crippen molar-refractivity contribution in [1.29, 1.82) is 0 Å². The van der Waals surface area contributed by atoms with Crippen molar-refractivity contribution in [3.63, 3.8) is 0 Å². The molecule has 1 aromatic heterocycles. The van der Waals surface area contributed by atoms with Crippen molar-refractivity contribution < 1.29 is 9.53 Å². The van der Waals surface area contributed by atoms with Crippen LogP contribution in [0.5, 0.6) is 5.75 Å². The molecular weight excluding hydrogens is 338 g/mol. The Hall–Kier alpha value is -3.08. The van der Waals surface area contributed by atoms with Gasteiger partial charge in [0.25, 0.3) is 5.91 Å². The Morgan fingerprint density at radius 2 is 2.11 bits per heavy atom. The number of hydrogen-bond donors (Lipinski definition) is 1. The van der Waals surface area contributed by atoms with Gasteiger partial charge in [-0.2, -0.15) is 0 Å². The van der Waals surface area contributed by atoms with Gasteiger partial charge in [0.15, 0.2) is 0 Å². The van der Waals surface area contributed by atoms with Crippen molar-refractivity contribution in [3.8, 4) is 11.4 Å². The Morgan fingerprint density at radius 3 is 2.89 bits per heavy atom. The first-order chi connectivity index (χ1) is 13.2. The topological polar surface area (TPSA) is 56.1 Å². The van der Waals surface area contributed by atoms with Gasteiger partial charge in [0.1, 0.15) is 5.75 Å². The molecule has 0 saturated heterocycles. The van der Waals surface area contributed by atoms with Crippen LogP contribution in [0.2, 0.25) is 0 Å². The monoisotopic (exact) mass is 361 g/mol. The molecule has 0 spiro atoms. The largest absolute Gasteiger partial charge is 0.495 e. The van der Waals surface area contributed by atoms with Crippen molar-refractivity contribution in [2.45, 2.75) is 32.2 Å². The summed E-state index contributed by atoms with van der Waals surface area (Å²) in [7, 11) is 1.61. The summed E-state index contributed by atoms with van der Waals surface area (Å²) in [6, 6.07) is 13.9. The Bertz CT molecular complexity index is 977. The minimum atomic E-state index is -0.0802. The summed E-state index contributed by atoms with van der Waals surface area (Å²) in [5, 5.41) is 3.19. The summed E-state index contributed by atoms with van der Waals surface area (Å²) in [6.07, 6.45) is 6.80. The highest BCUT2D eigenvalue weighted by Crippen LogP contribution is 2.30. The number of fused-ring (bicyclic) bond motifs is 1. The zero-order valence-corrected chi connectivity index (χ0v) is 15.6. The SMILES string of the molecule is COc1cc(C(=O)NC2CCCc3ccccc32)ccc1-n1cnc(C)c1. The van der Waals surface area contributed by atoms with Crippen LogP contribution in [0.4, 0.5) is 0 Å². The van der Waals surface area contributed by atoms with Gasteiger partial charge in [-0.25, -0.2) is 4.98 Å². The van der Waals surface area contributed by atoms with E-state index in [1.165, 1.54) is 11.1 Å². The molecular formula is C22H23N3O2. The number of ether oxygens (including phenoxy) is 1. The van der Waals surface area contributed by atoms with Gasteiger partial charge < -0.3 is 14.6 Å². The van der Waals surface area contributed by atoms with E-state index in [4.69, 9.17) is 4.74 Å². The Morgan fingerprint density at radius 1 is 1.26 bits per heavy atom. The molecule has 2 aromatic carbocycles. The molecule has 1 N–H and O–H groups in total. The van der Waals surface area contributed by atoms with Crippen molar-refractivity contribution in [1.82, 2.24) is 14.9 Å². The fourth-order valence-electron chi connectivity index (χ4n) is 3.73. The summed E-state index contributed by atoms with van der Waals surface area (Å²) < 4.78 is 7.41. The highest BCUT2D eigenvalue weighted by molar-refractivity contribution is 5.95. The Labute approximate surface area is 159 Å². The van der Waals surface area contributed by atoms with Gasteiger partial charge in [-0.1, -0.05) is 24.3 Å². The molecule has 1 atom stereocenters. The molecule has 5 nitrogen and oxygen atoms in total. The van der Waals surface area contributed by atoms with Gasteiger partial charge in [0, 0.05) is 11.8 Å². The molecule has 1 heterocycles. The summed E-state index contributed by atoms with van der Waals surface area (Å²) in [6.45, 7) is 1.94. The predicted molar refractivity (Wildman–Crippen MR) is 104 cm³/mol. The number of methoxy groups -OCH3 is 1. The van der Waals surface area contributed by atoms with Crippen LogP contribution in [-0.4, -0.2) is 22.6 Å². The van der Waals surface area contributed by atoms with E-state index in [1.807, 2.05) is 35.9 Å². The van der Waals surface area contributed by atoms with Crippen LogP contribution < -0.4 is 10.1 Å². The molecule has 0 aliphatic heterocycles. The number of carbonyl (C=O) groups excluding carboxylic acids is 1. The third kappa shape index (κ3) is 3.45. The number of benzene rings is 2. The summed E-state index contributed by atoms with van der Waals surface area (Å²) in [5.41, 5.74) is 4.94. The summed E-state index contributed by atoms with van der Waals surface area (Å²) >= 11 is 0. The lowest BCUT2D eigenvalue weighted by molar-refractivity contribution is 0.0932. The number of rotatable bonds is 4. The van der Waals surface area contributed by atoms with Crippen LogP contribution in [0.25, 0.3) is 5.69 Å². The van der Waals surface area contributed by atoms with Crippen molar-refractivity contribution in [3.05, 3.63) is 77.4 Å². The molecule has 1 amide bonds. The van der Waals surface area contributed by atoms with Crippen LogP contribution in [0.15, 0.2) is 55.0 Å². The molecule has 1 aliphatic carbocycles. The number of nitrogens with zero attached hydrogens (tertiary/aromatic N) is 2. The molecule has 1 unspecified atom stereocenters. The summed E-state index contributed by atoms with van der Waals surface area (Å²) in [5.74, 6) is 0.562. The molecule has 4 rings (SSSR count). The maximum atomic E-state index is 12.9. The minimum absolute atomic E-state index is 0.0596. The number of aromatic nitrogens is 2. The van der Waals surface area contributed by atoms with E-state index < -0.39 is 0 Å².